The molecule has 0 saturated heterocycles. The predicted molar refractivity (Wildman–Crippen MR) is 81.4 cm³/mol. The summed E-state index contributed by atoms with van der Waals surface area (Å²) in [6, 6.07) is 5.82. The summed E-state index contributed by atoms with van der Waals surface area (Å²) in [5, 5.41) is 7.67. The van der Waals surface area contributed by atoms with Crippen LogP contribution in [-0.4, -0.2) is 20.8 Å². The van der Waals surface area contributed by atoms with Crippen LogP contribution >= 0.6 is 23.4 Å². The second-order valence-corrected chi connectivity index (χ2v) is 6.04. The minimum absolute atomic E-state index is 0.110. The number of halogens is 1. The fraction of sp³-hybridized carbons (Fsp3) is 0.385. The highest BCUT2D eigenvalue weighted by molar-refractivity contribution is 7.99. The lowest BCUT2D eigenvalue weighted by atomic mass is 10.1. The first kappa shape index (κ1) is 15.2. The number of aromatic amines is 1. The first-order valence-corrected chi connectivity index (χ1v) is 7.54. The van der Waals surface area contributed by atoms with Crippen LogP contribution in [0.2, 0.25) is 5.02 Å². The Morgan fingerprint density at radius 3 is 2.90 bits per heavy atom. The van der Waals surface area contributed by atoms with Gasteiger partial charge in [0.15, 0.2) is 5.16 Å². The smallest absolute Gasteiger partial charge is 0.327 e. The molecule has 2 rings (SSSR count). The Labute approximate surface area is 126 Å². The summed E-state index contributed by atoms with van der Waals surface area (Å²) in [6.07, 6.45) is 1.68. The van der Waals surface area contributed by atoms with Crippen LogP contribution < -0.4 is 11.4 Å². The van der Waals surface area contributed by atoms with E-state index < -0.39 is 0 Å². The number of nitrogens with zero attached hydrogens (tertiary/aromatic N) is 2. The van der Waals surface area contributed by atoms with Gasteiger partial charge in [-0.25, -0.2) is 9.89 Å². The predicted octanol–water partition coefficient (Wildman–Crippen LogP) is 2.19. The minimum Gasteiger partial charge on any atom is -0.327 e. The SMILES string of the molecule is CCC(N)Cc1ccc(Cl)cc1Sc1n[nH]c(=O)n1C. The van der Waals surface area contributed by atoms with Gasteiger partial charge >= 0.3 is 5.69 Å². The molecule has 1 atom stereocenters. The molecule has 7 heteroatoms. The van der Waals surface area contributed by atoms with Gasteiger partial charge in [0.1, 0.15) is 0 Å². The highest BCUT2D eigenvalue weighted by Gasteiger charge is 2.12. The molecule has 0 spiro atoms. The molecular weight excluding hydrogens is 296 g/mol. The van der Waals surface area contributed by atoms with E-state index in [0.29, 0.717) is 10.2 Å². The molecule has 0 aliphatic heterocycles. The number of nitrogens with one attached hydrogen (secondary N) is 1. The van der Waals surface area contributed by atoms with Gasteiger partial charge in [-0.2, -0.15) is 0 Å². The van der Waals surface area contributed by atoms with Crippen LogP contribution in [0.25, 0.3) is 0 Å². The van der Waals surface area contributed by atoms with Crippen LogP contribution in [0.15, 0.2) is 33.0 Å². The van der Waals surface area contributed by atoms with Crippen molar-refractivity contribution >= 4 is 23.4 Å². The largest absolute Gasteiger partial charge is 0.343 e. The summed E-state index contributed by atoms with van der Waals surface area (Å²) in [5.74, 6) is 0. The zero-order valence-corrected chi connectivity index (χ0v) is 13.0. The van der Waals surface area contributed by atoms with Crippen molar-refractivity contribution in [2.24, 2.45) is 12.8 Å². The summed E-state index contributed by atoms with van der Waals surface area (Å²) in [4.78, 5) is 12.4. The highest BCUT2D eigenvalue weighted by Crippen LogP contribution is 2.31. The van der Waals surface area contributed by atoms with Crippen LogP contribution in [0.3, 0.4) is 0 Å². The number of H-pyrrole nitrogens is 1. The molecule has 2 aromatic rings. The molecule has 20 heavy (non-hydrogen) atoms. The Kier molecular flexibility index (Phi) is 4.91. The number of hydrogen-bond acceptors (Lipinski definition) is 4. The van der Waals surface area contributed by atoms with Gasteiger partial charge in [0.25, 0.3) is 0 Å². The third kappa shape index (κ3) is 3.45. The molecule has 5 nitrogen and oxygen atoms in total. The van der Waals surface area contributed by atoms with Crippen molar-refractivity contribution in [2.75, 3.05) is 0 Å². The summed E-state index contributed by atoms with van der Waals surface area (Å²) >= 11 is 7.47. The lowest BCUT2D eigenvalue weighted by molar-refractivity contribution is 0.641. The number of nitrogens with two attached hydrogens (primary N) is 1. The number of benzene rings is 1. The molecule has 1 unspecified atom stereocenters. The molecule has 1 heterocycles. The fourth-order valence-electron chi connectivity index (χ4n) is 1.74. The molecule has 0 radical (unpaired) electrons. The quantitative estimate of drug-likeness (QED) is 0.887. The Bertz CT molecular complexity index is 652. The van der Waals surface area contributed by atoms with Gasteiger partial charge in [-0.15, -0.1) is 5.10 Å². The Balaban J connectivity index is 2.32. The van der Waals surface area contributed by atoms with Gasteiger partial charge in [-0.3, -0.25) is 4.57 Å². The molecule has 0 fully saturated rings. The maximum absolute atomic E-state index is 11.4. The Hall–Kier alpha value is -1.24. The molecule has 0 saturated carbocycles. The van der Waals surface area contributed by atoms with Crippen molar-refractivity contribution in [3.8, 4) is 0 Å². The van der Waals surface area contributed by atoms with Crippen molar-refractivity contribution in [3.05, 3.63) is 39.3 Å². The zero-order chi connectivity index (χ0) is 14.7. The van der Waals surface area contributed by atoms with Gasteiger partial charge in [0.05, 0.1) is 0 Å². The summed E-state index contributed by atoms with van der Waals surface area (Å²) in [5.41, 5.74) is 6.90. The van der Waals surface area contributed by atoms with Crippen LogP contribution in [0.1, 0.15) is 18.9 Å². The van der Waals surface area contributed by atoms with E-state index in [1.807, 2.05) is 18.2 Å². The average molecular weight is 313 g/mol. The molecule has 3 N–H and O–H groups in total. The highest BCUT2D eigenvalue weighted by atomic mass is 35.5. The van der Waals surface area contributed by atoms with E-state index in [4.69, 9.17) is 17.3 Å². The van der Waals surface area contributed by atoms with E-state index in [1.165, 1.54) is 16.3 Å². The summed E-state index contributed by atoms with van der Waals surface area (Å²) in [7, 11) is 1.68. The second kappa shape index (κ2) is 6.47. The first-order chi connectivity index (χ1) is 9.51. The molecule has 0 aliphatic carbocycles. The number of aromatic nitrogens is 3. The zero-order valence-electron chi connectivity index (χ0n) is 11.4. The van der Waals surface area contributed by atoms with E-state index in [0.717, 1.165) is 23.3 Å². The molecule has 1 aromatic carbocycles. The summed E-state index contributed by atoms with van der Waals surface area (Å²) in [6.45, 7) is 2.06. The van der Waals surface area contributed by atoms with Crippen molar-refractivity contribution < 1.29 is 0 Å². The third-order valence-corrected chi connectivity index (χ3v) is 4.46. The molecule has 0 aliphatic rings. The summed E-state index contributed by atoms with van der Waals surface area (Å²) < 4.78 is 1.47. The lowest BCUT2D eigenvalue weighted by Gasteiger charge is -2.13. The van der Waals surface area contributed by atoms with Gasteiger partial charge in [-0.05, 0) is 42.3 Å². The normalized spacial score (nSPS) is 12.6. The average Bonchev–Trinajstić information content (AvgIpc) is 2.73. The van der Waals surface area contributed by atoms with Crippen LogP contribution in [0.4, 0.5) is 0 Å². The van der Waals surface area contributed by atoms with Gasteiger partial charge in [0.2, 0.25) is 0 Å². The van der Waals surface area contributed by atoms with E-state index in [9.17, 15) is 4.79 Å². The van der Waals surface area contributed by atoms with Gasteiger partial charge in [-0.1, -0.05) is 24.6 Å². The monoisotopic (exact) mass is 312 g/mol. The Morgan fingerprint density at radius 1 is 1.55 bits per heavy atom. The lowest BCUT2D eigenvalue weighted by Crippen LogP contribution is -2.21. The molecule has 0 amide bonds. The maximum Gasteiger partial charge on any atom is 0.343 e. The molecule has 108 valence electrons. The number of rotatable bonds is 5. The van der Waals surface area contributed by atoms with E-state index in [1.54, 1.807) is 7.05 Å². The van der Waals surface area contributed by atoms with Crippen molar-refractivity contribution in [2.45, 2.75) is 35.9 Å². The fourth-order valence-corrected chi connectivity index (χ4v) is 2.95. The van der Waals surface area contributed by atoms with E-state index in [2.05, 4.69) is 17.1 Å². The van der Waals surface area contributed by atoms with Gasteiger partial charge in [0, 0.05) is 23.0 Å². The second-order valence-electron chi connectivity index (χ2n) is 4.60. The maximum atomic E-state index is 11.4. The van der Waals surface area contributed by atoms with E-state index >= 15 is 0 Å². The standard InChI is InChI=1S/C13H17ClN4OS/c1-3-10(15)6-8-4-5-9(14)7-11(8)20-13-17-16-12(19)18(13)2/h4-5,7,10H,3,6,15H2,1-2H3,(H,16,19). The van der Waals surface area contributed by atoms with Crippen molar-refractivity contribution in [3.63, 3.8) is 0 Å². The van der Waals surface area contributed by atoms with Gasteiger partial charge < -0.3 is 5.73 Å². The van der Waals surface area contributed by atoms with E-state index in [-0.39, 0.29) is 11.7 Å². The molecule has 0 bridgehead atoms. The van der Waals surface area contributed by atoms with Crippen molar-refractivity contribution in [1.29, 1.82) is 0 Å². The van der Waals surface area contributed by atoms with Crippen LogP contribution in [0.5, 0.6) is 0 Å². The van der Waals surface area contributed by atoms with Crippen LogP contribution in [0, 0.1) is 0 Å². The first-order valence-electron chi connectivity index (χ1n) is 6.34. The molecule has 1 aromatic heterocycles. The third-order valence-electron chi connectivity index (χ3n) is 3.08. The molecular formula is C13H17ClN4OS. The minimum atomic E-state index is -0.235. The Morgan fingerprint density at radius 2 is 2.30 bits per heavy atom. The van der Waals surface area contributed by atoms with Crippen LogP contribution in [-0.2, 0) is 13.5 Å². The number of hydrogen-bond donors (Lipinski definition) is 2. The van der Waals surface area contributed by atoms with Crippen molar-refractivity contribution in [1.82, 2.24) is 14.8 Å². The topological polar surface area (TPSA) is 76.7 Å².